The molecule has 0 aliphatic carbocycles. The summed E-state index contributed by atoms with van der Waals surface area (Å²) in [6.45, 7) is 10.4. The maximum Gasteiger partial charge on any atom is 0.237 e. The Morgan fingerprint density at radius 2 is 2.33 bits per heavy atom. The fourth-order valence-corrected chi connectivity index (χ4v) is 2.17. The van der Waals surface area contributed by atoms with E-state index in [2.05, 4.69) is 24.1 Å². The lowest BCUT2D eigenvalue weighted by Crippen LogP contribution is -2.55. The van der Waals surface area contributed by atoms with Crippen molar-refractivity contribution < 1.29 is 9.53 Å². The number of nitrogens with zero attached hydrogens (tertiary/aromatic N) is 1. The lowest BCUT2D eigenvalue weighted by Gasteiger charge is -2.34. The molecule has 1 aliphatic rings. The van der Waals surface area contributed by atoms with Crippen molar-refractivity contribution in [1.82, 2.24) is 10.2 Å². The van der Waals surface area contributed by atoms with E-state index in [1.54, 1.807) is 0 Å². The second-order valence-corrected chi connectivity index (χ2v) is 5.36. The summed E-state index contributed by atoms with van der Waals surface area (Å²) in [5.74, 6) is -0.266. The Bertz CT molecular complexity index is 273. The Morgan fingerprint density at radius 3 is 2.89 bits per heavy atom. The zero-order chi connectivity index (χ0) is 13.6. The van der Waals surface area contributed by atoms with Gasteiger partial charge in [0.25, 0.3) is 0 Å². The van der Waals surface area contributed by atoms with Gasteiger partial charge in [-0.1, -0.05) is 6.92 Å². The third-order valence-corrected chi connectivity index (χ3v) is 3.56. The molecule has 0 aromatic heterocycles. The van der Waals surface area contributed by atoms with Crippen LogP contribution in [0.2, 0.25) is 0 Å². The normalized spacial score (nSPS) is 24.7. The molecule has 106 valence electrons. The van der Waals surface area contributed by atoms with E-state index >= 15 is 0 Å². The average Bonchev–Trinajstić information content (AvgIpc) is 2.34. The van der Waals surface area contributed by atoms with Crippen LogP contribution < -0.4 is 11.1 Å². The highest BCUT2D eigenvalue weighted by Gasteiger charge is 2.31. The molecule has 0 saturated carbocycles. The molecule has 5 nitrogen and oxygen atoms in total. The van der Waals surface area contributed by atoms with E-state index in [1.165, 1.54) is 0 Å². The van der Waals surface area contributed by atoms with Crippen LogP contribution in [-0.4, -0.2) is 55.2 Å². The number of amides is 1. The molecule has 2 unspecified atom stereocenters. The van der Waals surface area contributed by atoms with Crippen LogP contribution >= 0.6 is 0 Å². The molecule has 2 atom stereocenters. The topological polar surface area (TPSA) is 67.6 Å². The minimum absolute atomic E-state index is 0.266. The number of rotatable bonds is 7. The fraction of sp³-hybridized carbons (Fsp3) is 0.923. The minimum Gasteiger partial charge on any atom is -0.376 e. The molecule has 0 spiro atoms. The fourth-order valence-electron chi connectivity index (χ4n) is 2.17. The van der Waals surface area contributed by atoms with E-state index in [0.717, 1.165) is 45.6 Å². The van der Waals surface area contributed by atoms with Gasteiger partial charge < -0.3 is 15.8 Å². The molecule has 1 heterocycles. The average molecular weight is 257 g/mol. The monoisotopic (exact) mass is 257 g/mol. The van der Waals surface area contributed by atoms with Crippen molar-refractivity contribution >= 4 is 5.91 Å². The number of carbonyl (C=O) groups is 1. The van der Waals surface area contributed by atoms with Gasteiger partial charge in [-0.2, -0.15) is 0 Å². The number of carbonyl (C=O) groups excluding carboxylic acids is 1. The number of ether oxygens (including phenoxy) is 1. The maximum absolute atomic E-state index is 11.6. The number of morpholine rings is 1. The predicted molar refractivity (Wildman–Crippen MR) is 72.4 cm³/mol. The van der Waals surface area contributed by atoms with Crippen LogP contribution in [0.5, 0.6) is 0 Å². The molecule has 18 heavy (non-hydrogen) atoms. The Morgan fingerprint density at radius 1 is 1.61 bits per heavy atom. The van der Waals surface area contributed by atoms with Crippen LogP contribution in [-0.2, 0) is 9.53 Å². The maximum atomic E-state index is 11.6. The molecular weight excluding hydrogens is 230 g/mol. The molecule has 0 radical (unpaired) electrons. The molecule has 0 aromatic rings. The van der Waals surface area contributed by atoms with Crippen molar-refractivity contribution in [2.75, 3.05) is 32.8 Å². The number of nitrogens with two attached hydrogens (primary N) is 1. The van der Waals surface area contributed by atoms with Gasteiger partial charge >= 0.3 is 0 Å². The molecule has 0 bridgehead atoms. The standard InChI is InChI=1S/C13H27N3O2/c1-4-6-15-13(3,12(14)17)5-7-16-8-9-18-11(2)10-16/h11,15H,4-10H2,1-3H3,(H2,14,17). The summed E-state index contributed by atoms with van der Waals surface area (Å²) in [5.41, 5.74) is 4.91. The van der Waals surface area contributed by atoms with Crippen LogP contribution in [0, 0.1) is 0 Å². The van der Waals surface area contributed by atoms with E-state index in [0.29, 0.717) is 0 Å². The van der Waals surface area contributed by atoms with Crippen molar-refractivity contribution in [2.24, 2.45) is 5.73 Å². The summed E-state index contributed by atoms with van der Waals surface area (Å²) in [7, 11) is 0. The van der Waals surface area contributed by atoms with Crippen LogP contribution in [0.15, 0.2) is 0 Å². The molecule has 5 heteroatoms. The van der Waals surface area contributed by atoms with Gasteiger partial charge in [0.05, 0.1) is 18.2 Å². The Hall–Kier alpha value is -0.650. The third-order valence-electron chi connectivity index (χ3n) is 3.56. The van der Waals surface area contributed by atoms with E-state index in [4.69, 9.17) is 10.5 Å². The Labute approximate surface area is 110 Å². The SMILES string of the molecule is CCCNC(C)(CCN1CCOC(C)C1)C(N)=O. The molecule has 1 rings (SSSR count). The first-order valence-electron chi connectivity index (χ1n) is 6.87. The summed E-state index contributed by atoms with van der Waals surface area (Å²) >= 11 is 0. The van der Waals surface area contributed by atoms with E-state index in [-0.39, 0.29) is 12.0 Å². The van der Waals surface area contributed by atoms with Crippen molar-refractivity contribution in [3.63, 3.8) is 0 Å². The number of hydrogen-bond donors (Lipinski definition) is 2. The van der Waals surface area contributed by atoms with Gasteiger partial charge in [-0.15, -0.1) is 0 Å². The molecule has 1 saturated heterocycles. The van der Waals surface area contributed by atoms with Gasteiger partial charge in [0.15, 0.2) is 0 Å². The van der Waals surface area contributed by atoms with Crippen LogP contribution in [0.3, 0.4) is 0 Å². The van der Waals surface area contributed by atoms with E-state index < -0.39 is 5.54 Å². The lowest BCUT2D eigenvalue weighted by molar-refractivity contribution is -0.124. The van der Waals surface area contributed by atoms with Gasteiger partial charge in [0, 0.05) is 19.6 Å². The zero-order valence-electron chi connectivity index (χ0n) is 11.9. The summed E-state index contributed by atoms with van der Waals surface area (Å²) in [5, 5.41) is 3.26. The van der Waals surface area contributed by atoms with Crippen LogP contribution in [0.25, 0.3) is 0 Å². The number of nitrogens with one attached hydrogen (secondary N) is 1. The first kappa shape index (κ1) is 15.4. The molecule has 0 aromatic carbocycles. The smallest absolute Gasteiger partial charge is 0.237 e. The van der Waals surface area contributed by atoms with Gasteiger partial charge in [-0.3, -0.25) is 9.69 Å². The third kappa shape index (κ3) is 4.55. The zero-order valence-corrected chi connectivity index (χ0v) is 11.9. The van der Waals surface area contributed by atoms with Gasteiger partial charge in [0.2, 0.25) is 5.91 Å². The van der Waals surface area contributed by atoms with Crippen molar-refractivity contribution in [3.05, 3.63) is 0 Å². The van der Waals surface area contributed by atoms with Gasteiger partial charge in [-0.25, -0.2) is 0 Å². The quantitative estimate of drug-likeness (QED) is 0.690. The minimum atomic E-state index is -0.600. The molecule has 1 amide bonds. The first-order chi connectivity index (χ1) is 8.48. The number of primary amides is 1. The summed E-state index contributed by atoms with van der Waals surface area (Å²) < 4.78 is 5.50. The van der Waals surface area contributed by atoms with Gasteiger partial charge in [0.1, 0.15) is 0 Å². The molecule has 1 aliphatic heterocycles. The predicted octanol–water partition coefficient (Wildman–Crippen LogP) is 0.341. The molecule has 1 fully saturated rings. The largest absolute Gasteiger partial charge is 0.376 e. The lowest BCUT2D eigenvalue weighted by atomic mass is 9.96. The highest BCUT2D eigenvalue weighted by Crippen LogP contribution is 2.12. The number of hydrogen-bond acceptors (Lipinski definition) is 4. The highest BCUT2D eigenvalue weighted by molar-refractivity contribution is 5.84. The van der Waals surface area contributed by atoms with E-state index in [1.807, 2.05) is 6.92 Å². The Balaban J connectivity index is 2.43. The van der Waals surface area contributed by atoms with Crippen molar-refractivity contribution in [1.29, 1.82) is 0 Å². The van der Waals surface area contributed by atoms with Crippen LogP contribution in [0.1, 0.15) is 33.6 Å². The van der Waals surface area contributed by atoms with Gasteiger partial charge in [-0.05, 0) is 33.2 Å². The summed E-state index contributed by atoms with van der Waals surface area (Å²) in [6, 6.07) is 0. The molecular formula is C13H27N3O2. The van der Waals surface area contributed by atoms with Crippen LogP contribution in [0.4, 0.5) is 0 Å². The van der Waals surface area contributed by atoms with Crippen molar-refractivity contribution in [3.8, 4) is 0 Å². The first-order valence-corrected chi connectivity index (χ1v) is 6.87. The second kappa shape index (κ2) is 7.07. The second-order valence-electron chi connectivity index (χ2n) is 5.36. The van der Waals surface area contributed by atoms with Crippen molar-refractivity contribution in [2.45, 2.75) is 45.3 Å². The Kier molecular flexibility index (Phi) is 6.05. The summed E-state index contributed by atoms with van der Waals surface area (Å²) in [6.07, 6.45) is 2.02. The van der Waals surface area contributed by atoms with E-state index in [9.17, 15) is 4.79 Å². The summed E-state index contributed by atoms with van der Waals surface area (Å²) in [4.78, 5) is 13.9. The molecule has 3 N–H and O–H groups in total. The highest BCUT2D eigenvalue weighted by atomic mass is 16.5.